The van der Waals surface area contributed by atoms with Crippen LogP contribution in [0.1, 0.15) is 24.4 Å². The van der Waals surface area contributed by atoms with Crippen LogP contribution in [0.25, 0.3) is 0 Å². The molecule has 0 spiro atoms. The summed E-state index contributed by atoms with van der Waals surface area (Å²) in [6.07, 6.45) is 5.40. The Bertz CT molecular complexity index is 665. The molecule has 1 aliphatic rings. The molecule has 0 aromatic carbocycles. The highest BCUT2D eigenvalue weighted by molar-refractivity contribution is 5.91. The normalized spacial score (nSPS) is 16.2. The highest BCUT2D eigenvalue weighted by Gasteiger charge is 2.26. The molecule has 0 aliphatic carbocycles. The minimum atomic E-state index is -0.0537. The minimum Gasteiger partial charge on any atom is -0.459 e. The van der Waals surface area contributed by atoms with E-state index in [-0.39, 0.29) is 5.91 Å². The molecule has 1 unspecified atom stereocenters. The van der Waals surface area contributed by atoms with Crippen LogP contribution in [0.5, 0.6) is 0 Å². The molecule has 29 heavy (non-hydrogen) atoms. The molecule has 0 bridgehead atoms. The first-order valence-electron chi connectivity index (χ1n) is 10.3. The first kappa shape index (κ1) is 22.7. The lowest BCUT2D eigenvalue weighted by Crippen LogP contribution is -2.56. The van der Waals surface area contributed by atoms with Gasteiger partial charge in [0.2, 0.25) is 0 Å². The number of hydrogen-bond donors (Lipinski definition) is 1. The van der Waals surface area contributed by atoms with Crippen molar-refractivity contribution in [2.45, 2.75) is 19.9 Å². The highest BCUT2D eigenvalue weighted by atomic mass is 16.3. The molecule has 1 aromatic heterocycles. The van der Waals surface area contributed by atoms with Crippen molar-refractivity contribution in [3.05, 3.63) is 49.5 Å². The molecule has 7 heteroatoms. The summed E-state index contributed by atoms with van der Waals surface area (Å²) in [7, 11) is 1.80. The highest BCUT2D eigenvalue weighted by Crippen LogP contribution is 2.12. The second-order valence-corrected chi connectivity index (χ2v) is 7.53. The molecule has 160 valence electrons. The van der Waals surface area contributed by atoms with E-state index in [9.17, 15) is 4.79 Å². The van der Waals surface area contributed by atoms with Crippen molar-refractivity contribution in [1.29, 1.82) is 0 Å². The van der Waals surface area contributed by atoms with Crippen molar-refractivity contribution in [2.24, 2.45) is 10.9 Å². The first-order valence-corrected chi connectivity index (χ1v) is 10.3. The number of carbonyl (C=O) groups is 1. The summed E-state index contributed by atoms with van der Waals surface area (Å²) in [6.45, 7) is 17.4. The molecule has 1 saturated heterocycles. The van der Waals surface area contributed by atoms with Gasteiger partial charge in [0.25, 0.3) is 5.91 Å². The van der Waals surface area contributed by atoms with E-state index in [1.54, 1.807) is 19.2 Å². The van der Waals surface area contributed by atoms with Crippen LogP contribution in [-0.4, -0.2) is 85.5 Å². The Morgan fingerprint density at radius 3 is 2.34 bits per heavy atom. The fraction of sp³-hybridized carbons (Fsp3) is 0.545. The molecular weight excluding hydrogens is 366 g/mol. The van der Waals surface area contributed by atoms with Crippen LogP contribution in [0.2, 0.25) is 0 Å². The smallest absolute Gasteiger partial charge is 0.289 e. The molecule has 7 nitrogen and oxygen atoms in total. The van der Waals surface area contributed by atoms with Crippen LogP contribution in [0, 0.1) is 5.92 Å². The van der Waals surface area contributed by atoms with Crippen LogP contribution < -0.4 is 5.32 Å². The van der Waals surface area contributed by atoms with Crippen molar-refractivity contribution < 1.29 is 9.21 Å². The maximum absolute atomic E-state index is 12.4. The van der Waals surface area contributed by atoms with Gasteiger partial charge in [0, 0.05) is 58.9 Å². The molecule has 2 heterocycles. The number of hydrogen-bond acceptors (Lipinski definition) is 4. The van der Waals surface area contributed by atoms with Crippen molar-refractivity contribution in [3.8, 4) is 0 Å². The average Bonchev–Trinajstić information content (AvgIpc) is 3.25. The predicted octanol–water partition coefficient (Wildman–Crippen LogP) is 2.31. The number of amides is 1. The SMILES string of the molecule is C=CCN(CC=C)C(CNC(=NC)N1CCN(C(=O)c2ccco2)CC1)C(C)C. The average molecular weight is 402 g/mol. The molecule has 1 fully saturated rings. The van der Waals surface area contributed by atoms with E-state index in [1.165, 1.54) is 6.26 Å². The van der Waals surface area contributed by atoms with Crippen molar-refractivity contribution in [1.82, 2.24) is 20.0 Å². The van der Waals surface area contributed by atoms with Crippen molar-refractivity contribution in [3.63, 3.8) is 0 Å². The lowest BCUT2D eigenvalue weighted by atomic mass is 10.0. The Morgan fingerprint density at radius 2 is 1.86 bits per heavy atom. The van der Waals surface area contributed by atoms with Gasteiger partial charge in [-0.05, 0) is 18.1 Å². The minimum absolute atomic E-state index is 0.0537. The number of nitrogens with zero attached hydrogens (tertiary/aromatic N) is 4. The van der Waals surface area contributed by atoms with Crippen molar-refractivity contribution >= 4 is 11.9 Å². The van der Waals surface area contributed by atoms with Gasteiger partial charge in [0.05, 0.1) is 6.26 Å². The van der Waals surface area contributed by atoms with Gasteiger partial charge in [-0.3, -0.25) is 14.7 Å². The molecule has 0 saturated carbocycles. The number of nitrogens with one attached hydrogen (secondary N) is 1. The summed E-state index contributed by atoms with van der Waals surface area (Å²) in [4.78, 5) is 23.3. The standard InChI is InChI=1S/C22H35N5O2/c1-6-10-25(11-7-2)19(18(3)4)17-24-22(23-5)27-14-12-26(13-15-27)21(28)20-9-8-16-29-20/h6-9,16,18-19H,1-2,10-15,17H2,3-5H3,(H,23,24). The molecule has 1 N–H and O–H groups in total. The Morgan fingerprint density at radius 1 is 1.24 bits per heavy atom. The van der Waals surface area contributed by atoms with Gasteiger partial charge in [-0.1, -0.05) is 26.0 Å². The van der Waals surface area contributed by atoms with E-state index >= 15 is 0 Å². The van der Waals surface area contributed by atoms with Gasteiger partial charge in [-0.15, -0.1) is 13.2 Å². The van der Waals surface area contributed by atoms with E-state index in [0.717, 1.165) is 38.7 Å². The molecule has 1 amide bonds. The number of piperazine rings is 1. The molecule has 1 aliphatic heterocycles. The zero-order valence-corrected chi connectivity index (χ0v) is 18.0. The summed E-state index contributed by atoms with van der Waals surface area (Å²) in [5.41, 5.74) is 0. The van der Waals surface area contributed by atoms with E-state index in [0.29, 0.717) is 30.8 Å². The van der Waals surface area contributed by atoms with E-state index in [1.807, 2.05) is 17.1 Å². The van der Waals surface area contributed by atoms with Gasteiger partial charge in [-0.25, -0.2) is 0 Å². The lowest BCUT2D eigenvalue weighted by Gasteiger charge is -2.38. The fourth-order valence-electron chi connectivity index (χ4n) is 3.67. The van der Waals surface area contributed by atoms with Crippen LogP contribution in [0.4, 0.5) is 0 Å². The number of aliphatic imine (C=N–C) groups is 1. The third-order valence-corrected chi connectivity index (χ3v) is 5.25. The molecular formula is C22H35N5O2. The van der Waals surface area contributed by atoms with Gasteiger partial charge in [0.1, 0.15) is 0 Å². The number of carbonyl (C=O) groups excluding carboxylic acids is 1. The van der Waals surface area contributed by atoms with Gasteiger partial charge in [-0.2, -0.15) is 0 Å². The van der Waals surface area contributed by atoms with Crippen LogP contribution >= 0.6 is 0 Å². The summed E-state index contributed by atoms with van der Waals surface area (Å²) in [5.74, 6) is 1.69. The quantitative estimate of drug-likeness (QED) is 0.391. The van der Waals surface area contributed by atoms with Gasteiger partial charge >= 0.3 is 0 Å². The lowest BCUT2D eigenvalue weighted by molar-refractivity contribution is 0.0657. The zero-order valence-electron chi connectivity index (χ0n) is 18.0. The fourth-order valence-corrected chi connectivity index (χ4v) is 3.67. The van der Waals surface area contributed by atoms with E-state index in [2.05, 4.69) is 47.1 Å². The van der Waals surface area contributed by atoms with Crippen LogP contribution in [0.15, 0.2) is 53.1 Å². The Balaban J connectivity index is 1.91. The van der Waals surface area contributed by atoms with Gasteiger partial charge < -0.3 is 19.5 Å². The number of rotatable bonds is 9. The second kappa shape index (κ2) is 11.5. The maximum atomic E-state index is 12.4. The van der Waals surface area contributed by atoms with Crippen LogP contribution in [0.3, 0.4) is 0 Å². The number of guanidine groups is 1. The second-order valence-electron chi connectivity index (χ2n) is 7.53. The zero-order chi connectivity index (χ0) is 21.2. The molecule has 0 radical (unpaired) electrons. The Kier molecular flexibility index (Phi) is 8.99. The summed E-state index contributed by atoms with van der Waals surface area (Å²) >= 11 is 0. The topological polar surface area (TPSA) is 64.3 Å². The Hall–Kier alpha value is -2.54. The van der Waals surface area contributed by atoms with Gasteiger partial charge in [0.15, 0.2) is 11.7 Å². The first-order chi connectivity index (χ1) is 14.0. The monoisotopic (exact) mass is 401 g/mol. The molecule has 1 atom stereocenters. The summed E-state index contributed by atoms with van der Waals surface area (Å²) in [5, 5.41) is 3.53. The molecule has 1 aromatic rings. The van der Waals surface area contributed by atoms with Crippen LogP contribution in [-0.2, 0) is 0 Å². The van der Waals surface area contributed by atoms with E-state index < -0.39 is 0 Å². The predicted molar refractivity (Wildman–Crippen MR) is 118 cm³/mol. The molecule has 2 rings (SSSR count). The summed E-state index contributed by atoms with van der Waals surface area (Å²) in [6, 6.07) is 3.78. The maximum Gasteiger partial charge on any atom is 0.289 e. The third kappa shape index (κ3) is 6.22. The largest absolute Gasteiger partial charge is 0.459 e. The third-order valence-electron chi connectivity index (χ3n) is 5.25. The Labute approximate surface area is 174 Å². The number of furan rings is 1. The van der Waals surface area contributed by atoms with E-state index in [4.69, 9.17) is 4.42 Å². The van der Waals surface area contributed by atoms with Crippen molar-refractivity contribution in [2.75, 3.05) is 52.9 Å². The summed E-state index contributed by atoms with van der Waals surface area (Å²) < 4.78 is 5.23.